The highest BCUT2D eigenvalue weighted by Gasteiger charge is 2.29. The maximum absolute atomic E-state index is 12.4. The number of piperidine rings is 1. The van der Waals surface area contributed by atoms with E-state index in [0.717, 1.165) is 51.6 Å². The van der Waals surface area contributed by atoms with Gasteiger partial charge in [0.1, 0.15) is 0 Å². The minimum Gasteiger partial charge on any atom is -0.334 e. The molecular formula is C16H30N2O2. The lowest BCUT2D eigenvalue weighted by Gasteiger charge is -2.32. The van der Waals surface area contributed by atoms with Crippen LogP contribution in [0.4, 0.5) is 0 Å². The zero-order valence-electron chi connectivity index (χ0n) is 13.4. The Morgan fingerprint density at radius 2 is 1.75 bits per heavy atom. The lowest BCUT2D eigenvalue weighted by atomic mass is 10.0. The number of carbonyl (C=O) groups excluding carboxylic acids is 2. The fraction of sp³-hybridized carbons (Fsp3) is 0.875. The van der Waals surface area contributed by atoms with Gasteiger partial charge in [0.2, 0.25) is 0 Å². The molecular weight excluding hydrogens is 252 g/mol. The molecule has 2 amide bonds. The van der Waals surface area contributed by atoms with Crippen LogP contribution in [0.5, 0.6) is 0 Å². The van der Waals surface area contributed by atoms with E-state index in [-0.39, 0.29) is 11.8 Å². The Morgan fingerprint density at radius 3 is 2.25 bits per heavy atom. The molecule has 0 aromatic heterocycles. The summed E-state index contributed by atoms with van der Waals surface area (Å²) in [6, 6.07) is 0. The van der Waals surface area contributed by atoms with Crippen LogP contribution in [-0.4, -0.2) is 47.8 Å². The van der Waals surface area contributed by atoms with Crippen molar-refractivity contribution in [3.63, 3.8) is 0 Å². The molecule has 20 heavy (non-hydrogen) atoms. The first-order valence-electron chi connectivity index (χ1n) is 8.18. The van der Waals surface area contributed by atoms with E-state index < -0.39 is 0 Å². The minimum atomic E-state index is -0.291. The summed E-state index contributed by atoms with van der Waals surface area (Å²) < 4.78 is 0. The first-order chi connectivity index (χ1) is 9.60. The fourth-order valence-electron chi connectivity index (χ4n) is 2.66. The number of amides is 2. The molecule has 4 heteroatoms. The summed E-state index contributed by atoms with van der Waals surface area (Å²) in [7, 11) is 0. The summed E-state index contributed by atoms with van der Waals surface area (Å²) in [6.45, 7) is 9.27. The summed E-state index contributed by atoms with van der Waals surface area (Å²) >= 11 is 0. The van der Waals surface area contributed by atoms with E-state index in [4.69, 9.17) is 0 Å². The van der Waals surface area contributed by atoms with Crippen molar-refractivity contribution in [3.05, 3.63) is 0 Å². The van der Waals surface area contributed by atoms with Gasteiger partial charge in [-0.2, -0.15) is 0 Å². The van der Waals surface area contributed by atoms with Gasteiger partial charge in [-0.3, -0.25) is 9.59 Å². The molecule has 0 radical (unpaired) electrons. The third-order valence-corrected chi connectivity index (χ3v) is 3.98. The van der Waals surface area contributed by atoms with E-state index in [1.165, 1.54) is 0 Å². The Balaban J connectivity index is 2.59. The van der Waals surface area contributed by atoms with Crippen LogP contribution in [0.3, 0.4) is 0 Å². The van der Waals surface area contributed by atoms with E-state index in [9.17, 15) is 9.59 Å². The zero-order valence-corrected chi connectivity index (χ0v) is 13.4. The third-order valence-electron chi connectivity index (χ3n) is 3.98. The highest BCUT2D eigenvalue weighted by molar-refractivity contribution is 6.34. The number of hydrogen-bond acceptors (Lipinski definition) is 2. The van der Waals surface area contributed by atoms with Crippen LogP contribution in [0.2, 0.25) is 0 Å². The average Bonchev–Trinajstić information content (AvgIpc) is 2.46. The van der Waals surface area contributed by atoms with Crippen LogP contribution < -0.4 is 0 Å². The molecule has 1 unspecified atom stereocenters. The summed E-state index contributed by atoms with van der Waals surface area (Å²) in [5, 5.41) is 0. The molecule has 1 atom stereocenters. The quantitative estimate of drug-likeness (QED) is 0.703. The second-order valence-corrected chi connectivity index (χ2v) is 6.00. The maximum Gasteiger partial charge on any atom is 0.312 e. The van der Waals surface area contributed by atoms with Crippen LogP contribution in [0.25, 0.3) is 0 Å². The number of carbonyl (C=O) groups is 2. The summed E-state index contributed by atoms with van der Waals surface area (Å²) in [5.41, 5.74) is 0. The van der Waals surface area contributed by atoms with Crippen molar-refractivity contribution in [3.8, 4) is 0 Å². The summed E-state index contributed by atoms with van der Waals surface area (Å²) in [4.78, 5) is 28.3. The lowest BCUT2D eigenvalue weighted by molar-refractivity contribution is -0.152. The molecule has 0 aromatic rings. The van der Waals surface area contributed by atoms with Gasteiger partial charge >= 0.3 is 11.8 Å². The van der Waals surface area contributed by atoms with E-state index >= 15 is 0 Å². The second-order valence-electron chi connectivity index (χ2n) is 6.00. The molecule has 0 bridgehead atoms. The fourth-order valence-corrected chi connectivity index (χ4v) is 2.66. The summed E-state index contributed by atoms with van der Waals surface area (Å²) in [6.07, 6.45) is 6.21. The van der Waals surface area contributed by atoms with Gasteiger partial charge in [-0.15, -0.1) is 0 Å². The molecule has 4 nitrogen and oxygen atoms in total. The molecule has 1 fully saturated rings. The number of rotatable bonds is 6. The van der Waals surface area contributed by atoms with Crippen molar-refractivity contribution < 1.29 is 9.59 Å². The normalized spacial score (nSPS) is 18.9. The number of unbranched alkanes of at least 4 members (excludes halogenated alkanes) is 2. The van der Waals surface area contributed by atoms with Crippen molar-refractivity contribution in [2.24, 2.45) is 5.92 Å². The first kappa shape index (κ1) is 17.0. The Labute approximate surface area is 123 Å². The Hall–Kier alpha value is -1.06. The average molecular weight is 282 g/mol. The van der Waals surface area contributed by atoms with Gasteiger partial charge in [0.15, 0.2) is 0 Å². The molecule has 0 saturated carbocycles. The SMILES string of the molecule is CCCCN(CCCC)C(=O)C(=O)N1CCCC(C)C1. The van der Waals surface area contributed by atoms with Gasteiger partial charge in [0, 0.05) is 26.2 Å². The zero-order chi connectivity index (χ0) is 15.0. The van der Waals surface area contributed by atoms with Crippen molar-refractivity contribution in [2.75, 3.05) is 26.2 Å². The topological polar surface area (TPSA) is 40.6 Å². The van der Waals surface area contributed by atoms with Crippen molar-refractivity contribution >= 4 is 11.8 Å². The van der Waals surface area contributed by atoms with E-state index in [1.807, 2.05) is 0 Å². The molecule has 1 heterocycles. The van der Waals surface area contributed by atoms with E-state index in [1.54, 1.807) is 9.80 Å². The molecule has 0 N–H and O–H groups in total. The van der Waals surface area contributed by atoms with Crippen LogP contribution in [-0.2, 0) is 9.59 Å². The predicted octanol–water partition coefficient (Wildman–Crippen LogP) is 2.67. The second kappa shape index (κ2) is 8.98. The van der Waals surface area contributed by atoms with Crippen LogP contribution in [0.1, 0.15) is 59.3 Å². The molecule has 116 valence electrons. The molecule has 0 spiro atoms. The molecule has 1 aliphatic rings. The van der Waals surface area contributed by atoms with Crippen LogP contribution in [0.15, 0.2) is 0 Å². The Morgan fingerprint density at radius 1 is 1.15 bits per heavy atom. The number of nitrogens with zero attached hydrogens (tertiary/aromatic N) is 2. The maximum atomic E-state index is 12.4. The molecule has 0 aliphatic carbocycles. The Bertz CT molecular complexity index is 310. The third kappa shape index (κ3) is 5.14. The van der Waals surface area contributed by atoms with Crippen LogP contribution in [0, 0.1) is 5.92 Å². The largest absolute Gasteiger partial charge is 0.334 e. The monoisotopic (exact) mass is 282 g/mol. The predicted molar refractivity (Wildman–Crippen MR) is 81.4 cm³/mol. The summed E-state index contributed by atoms with van der Waals surface area (Å²) in [5.74, 6) is -0.0648. The van der Waals surface area contributed by atoms with Crippen molar-refractivity contribution in [1.82, 2.24) is 9.80 Å². The van der Waals surface area contributed by atoms with Gasteiger partial charge in [-0.05, 0) is 31.6 Å². The van der Waals surface area contributed by atoms with Gasteiger partial charge in [-0.1, -0.05) is 33.6 Å². The lowest BCUT2D eigenvalue weighted by Crippen LogP contribution is -2.48. The molecule has 0 aromatic carbocycles. The first-order valence-corrected chi connectivity index (χ1v) is 8.18. The molecule has 1 rings (SSSR count). The highest BCUT2D eigenvalue weighted by atomic mass is 16.2. The van der Waals surface area contributed by atoms with Gasteiger partial charge in [0.25, 0.3) is 0 Å². The molecule has 1 saturated heterocycles. The number of hydrogen-bond donors (Lipinski definition) is 0. The van der Waals surface area contributed by atoms with Gasteiger partial charge < -0.3 is 9.80 Å². The highest BCUT2D eigenvalue weighted by Crippen LogP contribution is 2.16. The standard InChI is InChI=1S/C16H30N2O2/c1-4-6-10-17(11-7-5-2)15(19)16(20)18-12-8-9-14(3)13-18/h14H,4-13H2,1-3H3. The Kier molecular flexibility index (Phi) is 7.63. The van der Waals surface area contributed by atoms with Crippen molar-refractivity contribution in [1.29, 1.82) is 0 Å². The van der Waals surface area contributed by atoms with Gasteiger partial charge in [0.05, 0.1) is 0 Å². The van der Waals surface area contributed by atoms with E-state index in [2.05, 4.69) is 20.8 Å². The smallest absolute Gasteiger partial charge is 0.312 e. The number of likely N-dealkylation sites (tertiary alicyclic amines) is 1. The minimum absolute atomic E-state index is 0.288. The molecule has 1 aliphatic heterocycles. The van der Waals surface area contributed by atoms with E-state index in [0.29, 0.717) is 19.0 Å². The van der Waals surface area contributed by atoms with Gasteiger partial charge in [-0.25, -0.2) is 0 Å². The van der Waals surface area contributed by atoms with Crippen molar-refractivity contribution in [2.45, 2.75) is 59.3 Å². The van der Waals surface area contributed by atoms with Crippen LogP contribution >= 0.6 is 0 Å².